The Morgan fingerprint density at radius 2 is 1.85 bits per heavy atom. The summed E-state index contributed by atoms with van der Waals surface area (Å²) in [7, 11) is 0. The van der Waals surface area contributed by atoms with Crippen LogP contribution in [-0.2, 0) is 9.53 Å². The van der Waals surface area contributed by atoms with Crippen LogP contribution in [0.15, 0.2) is 35.1 Å². The summed E-state index contributed by atoms with van der Waals surface area (Å²) in [4.78, 5) is 35.2. The van der Waals surface area contributed by atoms with Crippen molar-refractivity contribution in [2.75, 3.05) is 11.9 Å². The number of alkyl halides is 3. The van der Waals surface area contributed by atoms with Crippen molar-refractivity contribution < 1.29 is 31.9 Å². The number of ether oxygens (including phenoxy) is 1. The largest absolute Gasteiger partial charge is 0.471 e. The zero-order valence-electron chi connectivity index (χ0n) is 13.1. The van der Waals surface area contributed by atoms with Gasteiger partial charge in [-0.1, -0.05) is 0 Å². The van der Waals surface area contributed by atoms with E-state index in [1.165, 1.54) is 24.4 Å². The number of hydrogen-bond acceptors (Lipinski definition) is 5. The molecule has 11 heteroatoms. The van der Waals surface area contributed by atoms with Crippen LogP contribution in [0.25, 0.3) is 5.69 Å². The molecule has 1 aromatic heterocycles. The average Bonchev–Trinajstić information content (AvgIpc) is 2.55. The molecule has 0 bridgehead atoms. The molecule has 2 aromatic rings. The highest BCUT2D eigenvalue weighted by Crippen LogP contribution is 2.20. The molecule has 1 N–H and O–H groups in total. The van der Waals surface area contributed by atoms with E-state index in [0.29, 0.717) is 10.7 Å². The molecule has 0 aliphatic carbocycles. The molecule has 0 fully saturated rings. The summed E-state index contributed by atoms with van der Waals surface area (Å²) < 4.78 is 55.6. The maximum atomic E-state index is 13.0. The Bertz CT molecular complexity index is 891. The Labute approximate surface area is 143 Å². The molecule has 0 atom stereocenters. The number of rotatable bonds is 4. The predicted octanol–water partition coefficient (Wildman–Crippen LogP) is 2.05. The minimum atomic E-state index is -5.24. The van der Waals surface area contributed by atoms with Gasteiger partial charge in [0.1, 0.15) is 5.82 Å². The number of esters is 1. The first-order valence-electron chi connectivity index (χ1n) is 7.09. The Balaban J connectivity index is 2.56. The molecular weight excluding hydrogens is 362 g/mol. The molecule has 0 saturated carbocycles. The summed E-state index contributed by atoms with van der Waals surface area (Å²) in [5.74, 6) is -4.13. The van der Waals surface area contributed by atoms with E-state index < -0.39 is 40.8 Å². The van der Waals surface area contributed by atoms with Gasteiger partial charge in [0.05, 0.1) is 18.0 Å². The monoisotopic (exact) mass is 373 g/mol. The quantitative estimate of drug-likeness (QED) is 0.654. The van der Waals surface area contributed by atoms with Gasteiger partial charge in [-0.25, -0.2) is 9.18 Å². The molecule has 0 aliphatic rings. The highest BCUT2D eigenvalue weighted by molar-refractivity contribution is 6.01. The maximum Gasteiger partial charge on any atom is 0.471 e. The van der Waals surface area contributed by atoms with Crippen molar-refractivity contribution in [3.8, 4) is 5.69 Å². The van der Waals surface area contributed by atoms with Crippen LogP contribution in [0.4, 0.5) is 23.2 Å². The van der Waals surface area contributed by atoms with E-state index in [1.807, 2.05) is 0 Å². The van der Waals surface area contributed by atoms with E-state index in [2.05, 4.69) is 9.84 Å². The number of nitrogens with zero attached hydrogens (tertiary/aromatic N) is 2. The molecule has 0 aliphatic heterocycles. The predicted molar refractivity (Wildman–Crippen MR) is 80.4 cm³/mol. The molecule has 0 saturated heterocycles. The van der Waals surface area contributed by atoms with Crippen molar-refractivity contribution in [1.82, 2.24) is 9.78 Å². The SMILES string of the molecule is CCOC(=O)c1nn(-c2ccc(F)cc2)c(=O)cc1NC(=O)C(F)(F)F. The molecule has 1 heterocycles. The first kappa shape index (κ1) is 19.1. The van der Waals surface area contributed by atoms with Crippen molar-refractivity contribution >= 4 is 17.6 Å². The number of carbonyl (C=O) groups excluding carboxylic acids is 2. The standard InChI is InChI=1S/C15H11F4N3O4/c1-2-26-13(24)12-10(20-14(25)15(17,18)19)7-11(23)22(21-12)9-5-3-8(16)4-6-9/h3-7H,2H2,1H3,(H,20,25). The van der Waals surface area contributed by atoms with Crippen LogP contribution in [0.1, 0.15) is 17.4 Å². The Morgan fingerprint density at radius 1 is 1.23 bits per heavy atom. The third kappa shape index (κ3) is 4.23. The number of halogens is 4. The normalized spacial score (nSPS) is 11.1. The lowest BCUT2D eigenvalue weighted by molar-refractivity contribution is -0.167. The second-order valence-corrected chi connectivity index (χ2v) is 4.81. The summed E-state index contributed by atoms with van der Waals surface area (Å²) in [6.07, 6.45) is -5.24. The summed E-state index contributed by atoms with van der Waals surface area (Å²) >= 11 is 0. The van der Waals surface area contributed by atoms with Gasteiger partial charge >= 0.3 is 18.1 Å². The van der Waals surface area contributed by atoms with E-state index in [-0.39, 0.29) is 12.3 Å². The van der Waals surface area contributed by atoms with Crippen LogP contribution in [0.3, 0.4) is 0 Å². The van der Waals surface area contributed by atoms with Gasteiger partial charge in [0.2, 0.25) is 0 Å². The van der Waals surface area contributed by atoms with E-state index >= 15 is 0 Å². The number of anilines is 1. The van der Waals surface area contributed by atoms with Crippen molar-refractivity contribution in [2.24, 2.45) is 0 Å². The molecule has 1 aromatic carbocycles. The van der Waals surface area contributed by atoms with Gasteiger partial charge < -0.3 is 10.1 Å². The van der Waals surface area contributed by atoms with Crippen molar-refractivity contribution in [3.05, 3.63) is 52.2 Å². The third-order valence-electron chi connectivity index (χ3n) is 2.98. The third-order valence-corrected chi connectivity index (χ3v) is 2.98. The number of nitrogens with one attached hydrogen (secondary N) is 1. The summed E-state index contributed by atoms with van der Waals surface area (Å²) in [5, 5.41) is 5.07. The lowest BCUT2D eigenvalue weighted by Crippen LogP contribution is -2.33. The zero-order chi connectivity index (χ0) is 19.5. The van der Waals surface area contributed by atoms with Gasteiger partial charge in [-0.15, -0.1) is 0 Å². The molecule has 7 nitrogen and oxygen atoms in total. The first-order valence-corrected chi connectivity index (χ1v) is 7.09. The zero-order valence-corrected chi connectivity index (χ0v) is 13.1. The summed E-state index contributed by atoms with van der Waals surface area (Å²) in [5.41, 5.74) is -2.37. The minimum Gasteiger partial charge on any atom is -0.461 e. The lowest BCUT2D eigenvalue weighted by Gasteiger charge is -2.13. The number of aromatic nitrogens is 2. The highest BCUT2D eigenvalue weighted by Gasteiger charge is 2.39. The van der Waals surface area contributed by atoms with Crippen molar-refractivity contribution in [3.63, 3.8) is 0 Å². The van der Waals surface area contributed by atoms with Crippen LogP contribution >= 0.6 is 0 Å². The second kappa shape index (κ2) is 7.33. The van der Waals surface area contributed by atoms with Gasteiger partial charge in [0.25, 0.3) is 5.56 Å². The summed E-state index contributed by atoms with van der Waals surface area (Å²) in [6.45, 7) is 1.32. The Kier molecular flexibility index (Phi) is 5.38. The van der Waals surface area contributed by atoms with Gasteiger partial charge in [-0.3, -0.25) is 9.59 Å². The van der Waals surface area contributed by atoms with Crippen LogP contribution < -0.4 is 10.9 Å². The van der Waals surface area contributed by atoms with Gasteiger partial charge in [0.15, 0.2) is 5.69 Å². The van der Waals surface area contributed by atoms with Crippen LogP contribution in [0, 0.1) is 5.82 Å². The van der Waals surface area contributed by atoms with Crippen LogP contribution in [-0.4, -0.2) is 34.4 Å². The number of amides is 1. The van der Waals surface area contributed by atoms with E-state index in [1.54, 1.807) is 0 Å². The first-order chi connectivity index (χ1) is 12.1. The number of benzene rings is 1. The smallest absolute Gasteiger partial charge is 0.461 e. The molecular formula is C15H11F4N3O4. The fourth-order valence-corrected chi connectivity index (χ4v) is 1.86. The molecule has 0 unspecified atom stereocenters. The molecule has 26 heavy (non-hydrogen) atoms. The van der Waals surface area contributed by atoms with E-state index in [4.69, 9.17) is 0 Å². The van der Waals surface area contributed by atoms with Crippen LogP contribution in [0.2, 0.25) is 0 Å². The lowest BCUT2D eigenvalue weighted by atomic mass is 10.3. The number of carbonyl (C=O) groups is 2. The molecule has 0 radical (unpaired) electrons. The second-order valence-electron chi connectivity index (χ2n) is 4.81. The van der Waals surface area contributed by atoms with E-state index in [9.17, 15) is 31.9 Å². The molecule has 1 amide bonds. The fourth-order valence-electron chi connectivity index (χ4n) is 1.86. The van der Waals surface area contributed by atoms with Gasteiger partial charge in [-0.2, -0.15) is 23.0 Å². The maximum absolute atomic E-state index is 13.0. The molecule has 0 spiro atoms. The van der Waals surface area contributed by atoms with Gasteiger partial charge in [0, 0.05) is 6.07 Å². The Morgan fingerprint density at radius 3 is 2.38 bits per heavy atom. The summed E-state index contributed by atoms with van der Waals surface area (Å²) in [6, 6.07) is 4.98. The highest BCUT2D eigenvalue weighted by atomic mass is 19.4. The van der Waals surface area contributed by atoms with Crippen molar-refractivity contribution in [2.45, 2.75) is 13.1 Å². The van der Waals surface area contributed by atoms with Crippen LogP contribution in [0.5, 0.6) is 0 Å². The van der Waals surface area contributed by atoms with Crippen molar-refractivity contribution in [1.29, 1.82) is 0 Å². The molecule has 138 valence electrons. The fraction of sp³-hybridized carbons (Fsp3) is 0.200. The Hall–Kier alpha value is -3.24. The molecule has 2 rings (SSSR count). The van der Waals surface area contributed by atoms with E-state index in [0.717, 1.165) is 12.1 Å². The van der Waals surface area contributed by atoms with Gasteiger partial charge in [-0.05, 0) is 31.2 Å². The minimum absolute atomic E-state index is 0.0515. The average molecular weight is 373 g/mol. The topological polar surface area (TPSA) is 90.3 Å². The number of hydrogen-bond donors (Lipinski definition) is 1.